The van der Waals surface area contributed by atoms with Crippen LogP contribution in [0, 0.1) is 5.92 Å². The first-order valence-corrected chi connectivity index (χ1v) is 3.26. The maximum Gasteiger partial charge on any atom is 0.134 e. The van der Waals surface area contributed by atoms with Gasteiger partial charge in [-0.25, -0.2) is 0 Å². The van der Waals surface area contributed by atoms with Gasteiger partial charge in [0.1, 0.15) is 5.78 Å². The van der Waals surface area contributed by atoms with Crippen LogP contribution >= 0.6 is 0 Å². The van der Waals surface area contributed by atoms with E-state index < -0.39 is 0 Å². The van der Waals surface area contributed by atoms with Crippen molar-refractivity contribution >= 4 is 5.78 Å². The highest BCUT2D eigenvalue weighted by Gasteiger charge is 2.05. The normalized spacial score (nSPS) is 13.2. The Hall–Kier alpha value is -0.370. The van der Waals surface area contributed by atoms with E-state index in [0.29, 0.717) is 13.2 Å². The van der Waals surface area contributed by atoms with Crippen LogP contribution in [0.3, 0.4) is 0 Å². The highest BCUT2D eigenvalue weighted by atomic mass is 16.5. The molecule has 0 aliphatic rings. The summed E-state index contributed by atoms with van der Waals surface area (Å²) in [6.07, 6.45) is 0. The number of hydrogen-bond acceptors (Lipinski definition) is 2. The molecule has 1 atom stereocenters. The van der Waals surface area contributed by atoms with Crippen LogP contribution in [0.5, 0.6) is 0 Å². The van der Waals surface area contributed by atoms with E-state index in [4.69, 9.17) is 4.74 Å². The molecule has 0 heterocycles. The van der Waals surface area contributed by atoms with Crippen molar-refractivity contribution in [2.24, 2.45) is 5.92 Å². The van der Waals surface area contributed by atoms with Crippen LogP contribution in [0.25, 0.3) is 0 Å². The predicted molar refractivity (Wildman–Crippen MR) is 36.3 cm³/mol. The summed E-state index contributed by atoms with van der Waals surface area (Å²) in [5.74, 6) is 0.258. The van der Waals surface area contributed by atoms with Crippen molar-refractivity contribution in [2.75, 3.05) is 13.2 Å². The Kier molecular flexibility index (Phi) is 4.32. The molecule has 0 aliphatic carbocycles. The van der Waals surface area contributed by atoms with Crippen LogP contribution in [0.4, 0.5) is 0 Å². The van der Waals surface area contributed by atoms with E-state index in [2.05, 4.69) is 0 Å². The quantitative estimate of drug-likeness (QED) is 0.572. The van der Waals surface area contributed by atoms with E-state index >= 15 is 0 Å². The number of ketones is 1. The second-order valence-electron chi connectivity index (χ2n) is 2.17. The minimum atomic E-state index is 0.0601. The molecule has 2 nitrogen and oxygen atoms in total. The van der Waals surface area contributed by atoms with Gasteiger partial charge in [-0.3, -0.25) is 4.79 Å². The van der Waals surface area contributed by atoms with Crippen molar-refractivity contribution in [1.82, 2.24) is 0 Å². The smallest absolute Gasteiger partial charge is 0.134 e. The Morgan fingerprint density at radius 1 is 1.67 bits per heavy atom. The second-order valence-corrected chi connectivity index (χ2v) is 2.17. The van der Waals surface area contributed by atoms with E-state index in [1.807, 2.05) is 13.8 Å². The molecule has 0 aromatic carbocycles. The Morgan fingerprint density at radius 2 is 2.22 bits per heavy atom. The molecule has 54 valence electrons. The maximum atomic E-state index is 10.6. The summed E-state index contributed by atoms with van der Waals surface area (Å²) in [6.45, 7) is 6.64. The average molecular weight is 130 g/mol. The van der Waals surface area contributed by atoms with E-state index in [1.54, 1.807) is 6.92 Å². The summed E-state index contributed by atoms with van der Waals surface area (Å²) in [4.78, 5) is 10.6. The summed E-state index contributed by atoms with van der Waals surface area (Å²) in [6, 6.07) is 0. The third kappa shape index (κ3) is 4.15. The molecule has 0 rings (SSSR count). The summed E-state index contributed by atoms with van der Waals surface area (Å²) >= 11 is 0. The molecule has 0 saturated carbocycles. The first-order chi connectivity index (χ1) is 4.18. The molecule has 0 aliphatic heterocycles. The van der Waals surface area contributed by atoms with Crippen molar-refractivity contribution in [3.05, 3.63) is 0 Å². The van der Waals surface area contributed by atoms with Crippen molar-refractivity contribution in [3.8, 4) is 0 Å². The van der Waals surface area contributed by atoms with Gasteiger partial charge < -0.3 is 4.74 Å². The maximum absolute atomic E-state index is 10.6. The SMILES string of the molecule is CCOCC(C)C(C)=O. The van der Waals surface area contributed by atoms with E-state index in [-0.39, 0.29) is 11.7 Å². The van der Waals surface area contributed by atoms with Crippen molar-refractivity contribution < 1.29 is 9.53 Å². The zero-order chi connectivity index (χ0) is 7.28. The molecule has 2 heteroatoms. The van der Waals surface area contributed by atoms with Gasteiger partial charge in [0.05, 0.1) is 6.61 Å². The molecule has 0 amide bonds. The lowest BCUT2D eigenvalue weighted by Gasteiger charge is -2.05. The highest BCUT2D eigenvalue weighted by Crippen LogP contribution is 1.95. The van der Waals surface area contributed by atoms with Crippen molar-refractivity contribution in [2.45, 2.75) is 20.8 Å². The van der Waals surface area contributed by atoms with E-state index in [0.717, 1.165) is 0 Å². The molecular weight excluding hydrogens is 116 g/mol. The van der Waals surface area contributed by atoms with Gasteiger partial charge in [0.2, 0.25) is 0 Å². The number of ether oxygens (including phenoxy) is 1. The largest absolute Gasteiger partial charge is 0.381 e. The third-order valence-electron chi connectivity index (χ3n) is 1.27. The minimum Gasteiger partial charge on any atom is -0.381 e. The molecule has 0 aromatic rings. The lowest BCUT2D eigenvalue weighted by Crippen LogP contribution is -2.13. The van der Waals surface area contributed by atoms with Crippen LogP contribution in [-0.4, -0.2) is 19.0 Å². The van der Waals surface area contributed by atoms with E-state index in [9.17, 15) is 4.79 Å². The molecule has 9 heavy (non-hydrogen) atoms. The summed E-state index contributed by atoms with van der Waals surface area (Å²) in [5.41, 5.74) is 0. The fourth-order valence-corrected chi connectivity index (χ4v) is 0.412. The Labute approximate surface area is 56.2 Å². The topological polar surface area (TPSA) is 26.3 Å². The van der Waals surface area contributed by atoms with Gasteiger partial charge in [0, 0.05) is 12.5 Å². The molecule has 0 N–H and O–H groups in total. The highest BCUT2D eigenvalue weighted by molar-refractivity contribution is 5.77. The van der Waals surface area contributed by atoms with Crippen molar-refractivity contribution in [3.63, 3.8) is 0 Å². The van der Waals surface area contributed by atoms with Gasteiger partial charge in [0.15, 0.2) is 0 Å². The summed E-state index contributed by atoms with van der Waals surface area (Å²) in [7, 11) is 0. The number of rotatable bonds is 4. The number of Topliss-reactive ketones (excluding diaryl/α,β-unsaturated/α-hetero) is 1. The summed E-state index contributed by atoms with van der Waals surface area (Å²) in [5, 5.41) is 0. The van der Waals surface area contributed by atoms with E-state index in [1.165, 1.54) is 0 Å². The lowest BCUT2D eigenvalue weighted by atomic mass is 10.1. The molecule has 0 fully saturated rings. The minimum absolute atomic E-state index is 0.0601. The molecule has 1 unspecified atom stereocenters. The number of carbonyl (C=O) groups excluding carboxylic acids is 1. The van der Waals surface area contributed by atoms with Crippen LogP contribution in [0.2, 0.25) is 0 Å². The zero-order valence-electron chi connectivity index (χ0n) is 6.31. The molecule has 0 saturated heterocycles. The first-order valence-electron chi connectivity index (χ1n) is 3.26. The van der Waals surface area contributed by atoms with Gasteiger partial charge in [-0.05, 0) is 13.8 Å². The molecule has 0 aromatic heterocycles. The Morgan fingerprint density at radius 3 is 2.56 bits per heavy atom. The third-order valence-corrected chi connectivity index (χ3v) is 1.27. The average Bonchev–Trinajstić information content (AvgIpc) is 1.82. The van der Waals surface area contributed by atoms with Crippen molar-refractivity contribution in [1.29, 1.82) is 0 Å². The van der Waals surface area contributed by atoms with Crippen LogP contribution < -0.4 is 0 Å². The standard InChI is InChI=1S/C7H14O2/c1-4-9-5-6(2)7(3)8/h6H,4-5H2,1-3H3. The van der Waals surface area contributed by atoms with Crippen LogP contribution in [0.15, 0.2) is 0 Å². The second kappa shape index (κ2) is 4.50. The van der Waals surface area contributed by atoms with Gasteiger partial charge in [-0.15, -0.1) is 0 Å². The van der Waals surface area contributed by atoms with Gasteiger partial charge in [-0.1, -0.05) is 6.92 Å². The van der Waals surface area contributed by atoms with Gasteiger partial charge >= 0.3 is 0 Å². The van der Waals surface area contributed by atoms with Gasteiger partial charge in [-0.2, -0.15) is 0 Å². The van der Waals surface area contributed by atoms with Gasteiger partial charge in [0.25, 0.3) is 0 Å². The monoisotopic (exact) mass is 130 g/mol. The fourth-order valence-electron chi connectivity index (χ4n) is 0.412. The zero-order valence-corrected chi connectivity index (χ0v) is 6.31. The molecular formula is C7H14O2. The fraction of sp³-hybridized carbons (Fsp3) is 0.857. The molecule has 0 bridgehead atoms. The molecule has 0 spiro atoms. The van der Waals surface area contributed by atoms with Crippen LogP contribution in [-0.2, 0) is 9.53 Å². The lowest BCUT2D eigenvalue weighted by molar-refractivity contribution is -0.121. The summed E-state index contributed by atoms with van der Waals surface area (Å²) < 4.78 is 5.04. The van der Waals surface area contributed by atoms with Crippen LogP contribution in [0.1, 0.15) is 20.8 Å². The molecule has 0 radical (unpaired) electrons. The number of carbonyl (C=O) groups is 1. The first kappa shape index (κ1) is 8.63. The Bertz CT molecular complexity index is 88.9. The predicted octanol–water partition coefficient (Wildman–Crippen LogP) is 1.25. The number of hydrogen-bond donors (Lipinski definition) is 0. The Balaban J connectivity index is 3.27.